The molecule has 2 aliphatic carbocycles. The Morgan fingerprint density at radius 3 is 1.29 bits per heavy atom. The summed E-state index contributed by atoms with van der Waals surface area (Å²) in [7, 11) is 0. The number of benzene rings is 8. The summed E-state index contributed by atoms with van der Waals surface area (Å²) in [5.41, 5.74) is 24.5. The summed E-state index contributed by atoms with van der Waals surface area (Å²) >= 11 is 0. The molecule has 312 valence electrons. The molecule has 0 amide bonds. The zero-order chi connectivity index (χ0) is 44.1. The first kappa shape index (κ1) is 40.6. The largest absolute Gasteiger partial charge is 0.310 e. The molecule has 8 aromatic carbocycles. The molecule has 1 nitrogen and oxygen atoms in total. The van der Waals surface area contributed by atoms with Crippen molar-refractivity contribution in [3.8, 4) is 55.6 Å². The lowest BCUT2D eigenvalue weighted by Gasteiger charge is -2.28. The average Bonchev–Trinajstić information content (AvgIpc) is 3.64. The van der Waals surface area contributed by atoms with E-state index >= 15 is 0 Å². The van der Waals surface area contributed by atoms with Gasteiger partial charge in [-0.1, -0.05) is 197 Å². The minimum absolute atomic E-state index is 0.0351. The predicted octanol–water partition coefficient (Wildman–Crippen LogP) is 17.4. The van der Waals surface area contributed by atoms with Gasteiger partial charge in [-0.2, -0.15) is 0 Å². The van der Waals surface area contributed by atoms with E-state index in [0.29, 0.717) is 0 Å². The zero-order valence-electron chi connectivity index (χ0n) is 38.7. The Hall–Kier alpha value is -6.44. The number of rotatable bonds is 6. The number of nitrogens with zero attached hydrogens (tertiary/aromatic N) is 1. The number of fused-ring (bicyclic) bond motifs is 6. The van der Waals surface area contributed by atoms with Crippen LogP contribution in [0.2, 0.25) is 0 Å². The van der Waals surface area contributed by atoms with Gasteiger partial charge in [-0.05, 0) is 148 Å². The van der Waals surface area contributed by atoms with E-state index in [1.165, 1.54) is 89.0 Å². The van der Waals surface area contributed by atoms with Crippen LogP contribution in [-0.4, -0.2) is 0 Å². The lowest BCUT2D eigenvalue weighted by atomic mass is 9.78. The van der Waals surface area contributed by atoms with Crippen LogP contribution < -0.4 is 4.90 Å². The van der Waals surface area contributed by atoms with Crippen LogP contribution >= 0.6 is 0 Å². The van der Waals surface area contributed by atoms with E-state index in [9.17, 15) is 0 Å². The van der Waals surface area contributed by atoms with Gasteiger partial charge in [-0.15, -0.1) is 0 Å². The summed E-state index contributed by atoms with van der Waals surface area (Å²) < 4.78 is 0. The normalized spacial score (nSPS) is 14.4. The van der Waals surface area contributed by atoms with Crippen LogP contribution in [0.4, 0.5) is 17.1 Å². The Morgan fingerprint density at radius 2 is 0.762 bits per heavy atom. The summed E-state index contributed by atoms with van der Waals surface area (Å²) in [6.45, 7) is 23.7. The Bertz CT molecular complexity index is 2910. The Kier molecular flexibility index (Phi) is 9.39. The SMILES string of the molecule is CC(C)(C)c1cc(-c2cccc3c2-c2cc4c(cc2C3(C)C)-c2ccc(N(c3ccc(-c5ccccc5)cc3)c3ccc(-c5ccccc5)cc3)cc2C4(C)C)cc(C(C)(C)C)c1. The number of hydrogen-bond acceptors (Lipinski definition) is 1. The van der Waals surface area contributed by atoms with Crippen LogP contribution in [0.5, 0.6) is 0 Å². The van der Waals surface area contributed by atoms with Gasteiger partial charge in [0.2, 0.25) is 0 Å². The topological polar surface area (TPSA) is 3.24 Å². The van der Waals surface area contributed by atoms with Crippen LogP contribution in [-0.2, 0) is 21.7 Å². The molecule has 1 heteroatoms. The second-order valence-corrected chi connectivity index (χ2v) is 21.1. The summed E-state index contributed by atoms with van der Waals surface area (Å²) in [6, 6.07) is 66.1. The van der Waals surface area contributed by atoms with Gasteiger partial charge < -0.3 is 4.90 Å². The fourth-order valence-electron chi connectivity index (χ4n) is 10.3. The highest BCUT2D eigenvalue weighted by Gasteiger charge is 2.43. The van der Waals surface area contributed by atoms with E-state index in [4.69, 9.17) is 0 Å². The van der Waals surface area contributed by atoms with Crippen LogP contribution in [0.1, 0.15) is 103 Å². The van der Waals surface area contributed by atoms with Crippen LogP contribution in [0.3, 0.4) is 0 Å². The van der Waals surface area contributed by atoms with E-state index in [-0.39, 0.29) is 21.7 Å². The first-order valence-electron chi connectivity index (χ1n) is 22.8. The minimum Gasteiger partial charge on any atom is -0.310 e. The molecule has 0 bridgehead atoms. The molecule has 0 aliphatic heterocycles. The van der Waals surface area contributed by atoms with Gasteiger partial charge in [0.1, 0.15) is 0 Å². The molecule has 0 aromatic heterocycles. The van der Waals surface area contributed by atoms with Gasteiger partial charge in [0.15, 0.2) is 0 Å². The Morgan fingerprint density at radius 1 is 0.317 bits per heavy atom. The number of hydrogen-bond donors (Lipinski definition) is 0. The highest BCUT2D eigenvalue weighted by molar-refractivity contribution is 5.96. The fourth-order valence-corrected chi connectivity index (χ4v) is 10.3. The standard InChI is InChI=1S/C62H59N/c1-59(2,3)45-34-44(35-46(36-45)60(4,5)6)50-22-17-23-54-58(50)53-39-56-52(38-57(53)61(54,7)8)51-33-32-49(37-55(51)62(56,9)10)63(47-28-24-42(25-29-47)40-18-13-11-14-19-40)48-30-26-43(27-31-48)41-20-15-12-16-21-41/h11-39H,1-10H3. The molecule has 0 N–H and O–H groups in total. The second-order valence-electron chi connectivity index (χ2n) is 21.1. The molecule has 8 aromatic rings. The van der Waals surface area contributed by atoms with Gasteiger partial charge in [0.25, 0.3) is 0 Å². The molecule has 0 unspecified atom stereocenters. The maximum atomic E-state index is 2.57. The summed E-state index contributed by atoms with van der Waals surface area (Å²) in [5.74, 6) is 0. The van der Waals surface area contributed by atoms with Crippen molar-refractivity contribution in [2.45, 2.75) is 90.9 Å². The van der Waals surface area contributed by atoms with Crippen molar-refractivity contribution in [1.29, 1.82) is 0 Å². The smallest absolute Gasteiger partial charge is 0.0465 e. The third-order valence-corrected chi connectivity index (χ3v) is 14.2. The maximum absolute atomic E-state index is 2.57. The molecule has 63 heavy (non-hydrogen) atoms. The van der Waals surface area contributed by atoms with Crippen LogP contribution in [0, 0.1) is 0 Å². The molecule has 0 heterocycles. The lowest BCUT2D eigenvalue weighted by Crippen LogP contribution is -2.17. The monoisotopic (exact) mass is 817 g/mol. The van der Waals surface area contributed by atoms with Gasteiger partial charge in [-0.25, -0.2) is 0 Å². The highest BCUT2D eigenvalue weighted by atomic mass is 15.1. The van der Waals surface area contributed by atoms with Crippen molar-refractivity contribution in [2.75, 3.05) is 4.90 Å². The molecule has 0 spiro atoms. The predicted molar refractivity (Wildman–Crippen MR) is 270 cm³/mol. The summed E-state index contributed by atoms with van der Waals surface area (Å²) in [4.78, 5) is 2.42. The van der Waals surface area contributed by atoms with Crippen LogP contribution in [0.15, 0.2) is 176 Å². The number of anilines is 3. The van der Waals surface area contributed by atoms with Gasteiger partial charge in [0, 0.05) is 27.9 Å². The fraction of sp³-hybridized carbons (Fsp3) is 0.226. The van der Waals surface area contributed by atoms with E-state index in [1.807, 2.05) is 0 Å². The van der Waals surface area contributed by atoms with Gasteiger partial charge >= 0.3 is 0 Å². The van der Waals surface area contributed by atoms with E-state index in [2.05, 4.69) is 250 Å². The quantitative estimate of drug-likeness (QED) is 0.162. The molecular weight excluding hydrogens is 759 g/mol. The molecule has 0 fully saturated rings. The zero-order valence-corrected chi connectivity index (χ0v) is 38.7. The Balaban J connectivity index is 1.09. The highest BCUT2D eigenvalue weighted by Crippen LogP contribution is 2.58. The lowest BCUT2D eigenvalue weighted by molar-refractivity contribution is 0.569. The third kappa shape index (κ3) is 6.85. The average molecular weight is 818 g/mol. The maximum Gasteiger partial charge on any atom is 0.0465 e. The van der Waals surface area contributed by atoms with Crippen molar-refractivity contribution in [3.05, 3.63) is 209 Å². The molecule has 0 saturated carbocycles. The summed E-state index contributed by atoms with van der Waals surface area (Å²) in [6.07, 6.45) is 0. The second kappa shape index (κ2) is 14.6. The molecule has 0 radical (unpaired) electrons. The van der Waals surface area contributed by atoms with Crippen molar-refractivity contribution < 1.29 is 0 Å². The molecule has 0 atom stereocenters. The Labute approximate surface area is 376 Å². The minimum atomic E-state index is -0.219. The van der Waals surface area contributed by atoms with E-state index in [0.717, 1.165) is 17.1 Å². The molecule has 10 rings (SSSR count). The van der Waals surface area contributed by atoms with Gasteiger partial charge in [-0.3, -0.25) is 0 Å². The summed E-state index contributed by atoms with van der Waals surface area (Å²) in [5, 5.41) is 0. The first-order valence-corrected chi connectivity index (χ1v) is 22.8. The van der Waals surface area contributed by atoms with Crippen molar-refractivity contribution in [1.82, 2.24) is 0 Å². The third-order valence-electron chi connectivity index (χ3n) is 14.2. The molecule has 2 aliphatic rings. The van der Waals surface area contributed by atoms with Crippen molar-refractivity contribution in [3.63, 3.8) is 0 Å². The molecule has 0 saturated heterocycles. The van der Waals surface area contributed by atoms with E-state index in [1.54, 1.807) is 0 Å². The van der Waals surface area contributed by atoms with Crippen molar-refractivity contribution in [2.24, 2.45) is 0 Å². The van der Waals surface area contributed by atoms with Crippen LogP contribution in [0.25, 0.3) is 55.6 Å². The first-order chi connectivity index (χ1) is 30.0. The molecular formula is C62H59N. The van der Waals surface area contributed by atoms with Crippen molar-refractivity contribution >= 4 is 17.1 Å². The van der Waals surface area contributed by atoms with Gasteiger partial charge in [0.05, 0.1) is 0 Å². The van der Waals surface area contributed by atoms with E-state index < -0.39 is 0 Å².